The average molecular weight is 250 g/mol. The van der Waals surface area contributed by atoms with Crippen LogP contribution in [0, 0.1) is 0 Å². The lowest BCUT2D eigenvalue weighted by Crippen LogP contribution is -2.45. The largest absolute Gasteiger partial charge is 0.486 e. The first-order chi connectivity index (χ1) is 8.70. The molecule has 1 aliphatic heterocycles. The Balaban J connectivity index is 1.96. The van der Waals surface area contributed by atoms with E-state index in [1.54, 1.807) is 0 Å². The van der Waals surface area contributed by atoms with Crippen LogP contribution >= 0.6 is 0 Å². The summed E-state index contributed by atoms with van der Waals surface area (Å²) < 4.78 is 11.7. The van der Waals surface area contributed by atoms with Crippen LogP contribution in [0.3, 0.4) is 0 Å². The summed E-state index contributed by atoms with van der Waals surface area (Å²) in [6.45, 7) is 7.36. The van der Waals surface area contributed by atoms with Gasteiger partial charge in [0.25, 0.3) is 0 Å². The molecule has 0 amide bonds. The van der Waals surface area contributed by atoms with Crippen molar-refractivity contribution >= 4 is 0 Å². The highest BCUT2D eigenvalue weighted by molar-refractivity contribution is 5.40. The highest BCUT2D eigenvalue weighted by Gasteiger charge is 2.23. The van der Waals surface area contributed by atoms with Crippen LogP contribution in [-0.2, 0) is 0 Å². The number of fused-ring (bicyclic) bond motifs is 1. The molecule has 0 spiro atoms. The molecule has 1 aromatic rings. The lowest BCUT2D eigenvalue weighted by Gasteiger charge is -2.33. The van der Waals surface area contributed by atoms with Gasteiger partial charge in [0, 0.05) is 25.7 Å². The van der Waals surface area contributed by atoms with Gasteiger partial charge >= 0.3 is 0 Å². The number of nitrogens with zero attached hydrogens (tertiary/aromatic N) is 1. The molecular weight excluding hydrogens is 228 g/mol. The molecular formula is C14H22N2O2. The van der Waals surface area contributed by atoms with Crippen LogP contribution in [0.15, 0.2) is 24.3 Å². The number of benzene rings is 1. The standard InChI is InChI=1S/C14H22N2O2/c1-11(2)16(8-7-15)9-12-10-17-13-5-3-4-6-14(13)18-12/h3-6,11-12H,7-10,15H2,1-2H3/t12-/m1/s1. The molecule has 0 saturated carbocycles. The van der Waals surface area contributed by atoms with Crippen LogP contribution in [0.2, 0.25) is 0 Å². The van der Waals surface area contributed by atoms with Gasteiger partial charge in [-0.2, -0.15) is 0 Å². The molecule has 0 radical (unpaired) electrons. The van der Waals surface area contributed by atoms with Crippen LogP contribution in [0.5, 0.6) is 11.5 Å². The zero-order valence-electron chi connectivity index (χ0n) is 11.1. The number of para-hydroxylation sites is 2. The number of rotatable bonds is 5. The van der Waals surface area contributed by atoms with Crippen molar-refractivity contribution in [2.24, 2.45) is 5.73 Å². The van der Waals surface area contributed by atoms with Gasteiger partial charge in [0.15, 0.2) is 11.5 Å². The zero-order chi connectivity index (χ0) is 13.0. The molecule has 1 aromatic carbocycles. The maximum absolute atomic E-state index is 5.95. The van der Waals surface area contributed by atoms with Crippen molar-refractivity contribution in [3.8, 4) is 11.5 Å². The Bertz CT molecular complexity index is 382. The van der Waals surface area contributed by atoms with Gasteiger partial charge in [-0.1, -0.05) is 12.1 Å². The molecule has 100 valence electrons. The number of ether oxygens (including phenoxy) is 2. The fraction of sp³-hybridized carbons (Fsp3) is 0.571. The Morgan fingerprint density at radius 3 is 2.72 bits per heavy atom. The molecule has 2 N–H and O–H groups in total. The molecule has 4 nitrogen and oxygen atoms in total. The van der Waals surface area contributed by atoms with Crippen molar-refractivity contribution < 1.29 is 9.47 Å². The van der Waals surface area contributed by atoms with Gasteiger partial charge in [-0.25, -0.2) is 0 Å². The molecule has 18 heavy (non-hydrogen) atoms. The lowest BCUT2D eigenvalue weighted by molar-refractivity contribution is 0.0507. The summed E-state index contributed by atoms with van der Waals surface area (Å²) >= 11 is 0. The van der Waals surface area contributed by atoms with E-state index in [0.717, 1.165) is 24.6 Å². The molecule has 1 aliphatic rings. The SMILES string of the molecule is CC(C)N(CCN)C[C@@H]1COc2ccccc2O1. The van der Waals surface area contributed by atoms with Crippen molar-refractivity contribution in [2.75, 3.05) is 26.2 Å². The summed E-state index contributed by atoms with van der Waals surface area (Å²) in [5.41, 5.74) is 5.64. The fourth-order valence-corrected chi connectivity index (χ4v) is 2.14. The van der Waals surface area contributed by atoms with Gasteiger partial charge in [-0.15, -0.1) is 0 Å². The second-order valence-electron chi connectivity index (χ2n) is 4.87. The Morgan fingerprint density at radius 2 is 2.06 bits per heavy atom. The smallest absolute Gasteiger partial charge is 0.161 e. The number of hydrogen-bond acceptors (Lipinski definition) is 4. The number of hydrogen-bond donors (Lipinski definition) is 1. The highest BCUT2D eigenvalue weighted by Crippen LogP contribution is 2.31. The van der Waals surface area contributed by atoms with Gasteiger partial charge < -0.3 is 15.2 Å². The fourth-order valence-electron chi connectivity index (χ4n) is 2.14. The van der Waals surface area contributed by atoms with E-state index < -0.39 is 0 Å². The van der Waals surface area contributed by atoms with Crippen molar-refractivity contribution in [3.05, 3.63) is 24.3 Å². The molecule has 0 fully saturated rings. The first kappa shape index (κ1) is 13.2. The summed E-state index contributed by atoms with van der Waals surface area (Å²) in [6.07, 6.45) is 0.0776. The molecule has 0 saturated heterocycles. The topological polar surface area (TPSA) is 47.7 Å². The normalized spacial score (nSPS) is 18.4. The molecule has 0 unspecified atom stereocenters. The van der Waals surface area contributed by atoms with Crippen molar-refractivity contribution in [3.63, 3.8) is 0 Å². The van der Waals surface area contributed by atoms with Gasteiger partial charge in [0.1, 0.15) is 12.7 Å². The summed E-state index contributed by atoms with van der Waals surface area (Å²) in [7, 11) is 0. The van der Waals surface area contributed by atoms with Crippen LogP contribution < -0.4 is 15.2 Å². The summed E-state index contributed by atoms with van der Waals surface area (Å²) in [5, 5.41) is 0. The van der Waals surface area contributed by atoms with E-state index in [9.17, 15) is 0 Å². The van der Waals surface area contributed by atoms with Gasteiger partial charge in [0.05, 0.1) is 0 Å². The predicted molar refractivity (Wildman–Crippen MR) is 72.1 cm³/mol. The molecule has 0 aromatic heterocycles. The lowest BCUT2D eigenvalue weighted by atomic mass is 10.2. The van der Waals surface area contributed by atoms with E-state index in [0.29, 0.717) is 19.2 Å². The van der Waals surface area contributed by atoms with Gasteiger partial charge in [-0.05, 0) is 26.0 Å². The molecule has 1 atom stereocenters. The maximum atomic E-state index is 5.95. The van der Waals surface area contributed by atoms with E-state index in [1.165, 1.54) is 0 Å². The monoisotopic (exact) mass is 250 g/mol. The minimum absolute atomic E-state index is 0.0776. The van der Waals surface area contributed by atoms with E-state index in [-0.39, 0.29) is 6.10 Å². The second-order valence-corrected chi connectivity index (χ2v) is 4.87. The summed E-state index contributed by atoms with van der Waals surface area (Å²) in [5.74, 6) is 1.67. The van der Waals surface area contributed by atoms with E-state index >= 15 is 0 Å². The van der Waals surface area contributed by atoms with Crippen LogP contribution in [-0.4, -0.2) is 43.3 Å². The highest BCUT2D eigenvalue weighted by atomic mass is 16.6. The minimum Gasteiger partial charge on any atom is -0.486 e. The van der Waals surface area contributed by atoms with Gasteiger partial charge in [-0.3, -0.25) is 4.90 Å². The average Bonchev–Trinajstić information content (AvgIpc) is 2.38. The van der Waals surface area contributed by atoms with Crippen molar-refractivity contribution in [1.82, 2.24) is 4.90 Å². The quantitative estimate of drug-likeness (QED) is 0.860. The Kier molecular flexibility index (Phi) is 4.44. The number of nitrogens with two attached hydrogens (primary N) is 1. The molecule has 0 aliphatic carbocycles. The molecule has 1 heterocycles. The van der Waals surface area contributed by atoms with Crippen molar-refractivity contribution in [2.45, 2.75) is 26.0 Å². The Labute approximate surface area is 109 Å². The maximum Gasteiger partial charge on any atom is 0.161 e. The third-order valence-corrected chi connectivity index (χ3v) is 3.15. The summed E-state index contributed by atoms with van der Waals surface area (Å²) in [6, 6.07) is 8.27. The van der Waals surface area contributed by atoms with E-state index in [2.05, 4.69) is 18.7 Å². The summed E-state index contributed by atoms with van der Waals surface area (Å²) in [4.78, 5) is 2.32. The van der Waals surface area contributed by atoms with Crippen LogP contribution in [0.4, 0.5) is 0 Å². The van der Waals surface area contributed by atoms with E-state index in [4.69, 9.17) is 15.2 Å². The third kappa shape index (κ3) is 3.15. The molecule has 4 heteroatoms. The first-order valence-corrected chi connectivity index (χ1v) is 6.53. The second kappa shape index (κ2) is 6.07. The minimum atomic E-state index is 0.0776. The van der Waals surface area contributed by atoms with Gasteiger partial charge in [0.2, 0.25) is 0 Å². The Hall–Kier alpha value is -1.26. The van der Waals surface area contributed by atoms with Crippen LogP contribution in [0.1, 0.15) is 13.8 Å². The first-order valence-electron chi connectivity index (χ1n) is 6.53. The van der Waals surface area contributed by atoms with E-state index in [1.807, 2.05) is 24.3 Å². The molecule has 0 bridgehead atoms. The Morgan fingerprint density at radius 1 is 1.33 bits per heavy atom. The van der Waals surface area contributed by atoms with Crippen molar-refractivity contribution in [1.29, 1.82) is 0 Å². The third-order valence-electron chi connectivity index (χ3n) is 3.15. The van der Waals surface area contributed by atoms with Crippen LogP contribution in [0.25, 0.3) is 0 Å². The molecule has 2 rings (SSSR count). The predicted octanol–water partition coefficient (Wildman–Crippen LogP) is 1.50. The zero-order valence-corrected chi connectivity index (χ0v) is 11.1.